The fourth-order valence-corrected chi connectivity index (χ4v) is 1.50. The SMILES string of the molecule is C=C(C)/C(=C\C=C/C)NCCNc1ccccc1. The summed E-state index contributed by atoms with van der Waals surface area (Å²) in [6, 6.07) is 10.2. The van der Waals surface area contributed by atoms with Crippen molar-refractivity contribution >= 4 is 5.69 Å². The average Bonchev–Trinajstić information content (AvgIpc) is 2.38. The second-order valence-electron chi connectivity index (χ2n) is 4.11. The Bertz CT molecular complexity index is 416. The van der Waals surface area contributed by atoms with E-state index in [-0.39, 0.29) is 0 Å². The molecule has 0 heterocycles. The zero-order chi connectivity index (χ0) is 13.2. The van der Waals surface area contributed by atoms with Gasteiger partial charge in [-0.25, -0.2) is 0 Å². The summed E-state index contributed by atoms with van der Waals surface area (Å²) >= 11 is 0. The lowest BCUT2D eigenvalue weighted by Crippen LogP contribution is -2.22. The largest absolute Gasteiger partial charge is 0.383 e. The van der Waals surface area contributed by atoms with Gasteiger partial charge >= 0.3 is 0 Å². The molecule has 1 aromatic rings. The Kier molecular flexibility index (Phi) is 6.41. The van der Waals surface area contributed by atoms with Gasteiger partial charge in [0.2, 0.25) is 0 Å². The molecule has 18 heavy (non-hydrogen) atoms. The quantitative estimate of drug-likeness (QED) is 0.562. The van der Waals surface area contributed by atoms with Crippen LogP contribution in [-0.2, 0) is 0 Å². The van der Waals surface area contributed by atoms with E-state index in [1.165, 1.54) is 0 Å². The highest BCUT2D eigenvalue weighted by Gasteiger charge is 1.95. The number of nitrogens with one attached hydrogen (secondary N) is 2. The third-order valence-corrected chi connectivity index (χ3v) is 2.46. The van der Waals surface area contributed by atoms with E-state index < -0.39 is 0 Å². The third kappa shape index (κ3) is 5.39. The summed E-state index contributed by atoms with van der Waals surface area (Å²) in [7, 11) is 0. The Labute approximate surface area is 110 Å². The fourth-order valence-electron chi connectivity index (χ4n) is 1.50. The summed E-state index contributed by atoms with van der Waals surface area (Å²) in [4.78, 5) is 0. The summed E-state index contributed by atoms with van der Waals surface area (Å²) in [5, 5.41) is 6.73. The highest BCUT2D eigenvalue weighted by Crippen LogP contribution is 2.05. The normalized spacial score (nSPS) is 11.6. The van der Waals surface area contributed by atoms with Gasteiger partial charge in [0.15, 0.2) is 0 Å². The number of hydrogen-bond donors (Lipinski definition) is 2. The number of hydrogen-bond acceptors (Lipinski definition) is 2. The standard InChI is InChI=1S/C16H22N2/c1-4-5-11-16(14(2)3)18-13-12-17-15-9-7-6-8-10-15/h4-11,17-18H,2,12-13H2,1,3H3/b5-4-,16-11+. The van der Waals surface area contributed by atoms with Gasteiger partial charge in [0.1, 0.15) is 0 Å². The average molecular weight is 242 g/mol. The molecule has 0 aromatic heterocycles. The van der Waals surface area contributed by atoms with Crippen molar-refractivity contribution in [2.75, 3.05) is 18.4 Å². The number of benzene rings is 1. The van der Waals surface area contributed by atoms with Crippen LogP contribution in [0.4, 0.5) is 5.69 Å². The van der Waals surface area contributed by atoms with Gasteiger partial charge in [-0.2, -0.15) is 0 Å². The summed E-state index contributed by atoms with van der Waals surface area (Å²) in [6.45, 7) is 9.72. The van der Waals surface area contributed by atoms with Crippen molar-refractivity contribution in [3.8, 4) is 0 Å². The van der Waals surface area contributed by atoms with Crippen LogP contribution >= 0.6 is 0 Å². The minimum atomic E-state index is 0.866. The summed E-state index contributed by atoms with van der Waals surface area (Å²) in [6.07, 6.45) is 6.07. The molecule has 96 valence electrons. The molecule has 1 rings (SSSR count). The molecule has 2 N–H and O–H groups in total. The van der Waals surface area contributed by atoms with E-state index in [0.717, 1.165) is 30.0 Å². The Morgan fingerprint density at radius 2 is 1.94 bits per heavy atom. The molecule has 0 atom stereocenters. The molecule has 1 aromatic carbocycles. The van der Waals surface area contributed by atoms with Crippen LogP contribution in [0.5, 0.6) is 0 Å². The maximum atomic E-state index is 3.96. The van der Waals surface area contributed by atoms with E-state index in [1.54, 1.807) is 0 Å². The molecule has 0 saturated carbocycles. The molecule has 0 bridgehead atoms. The molecule has 0 fully saturated rings. The Hall–Kier alpha value is -1.96. The van der Waals surface area contributed by atoms with Crippen molar-refractivity contribution in [1.29, 1.82) is 0 Å². The molecule has 0 spiro atoms. The molecule has 0 radical (unpaired) electrons. The zero-order valence-corrected chi connectivity index (χ0v) is 11.2. The van der Waals surface area contributed by atoms with Crippen molar-refractivity contribution in [2.45, 2.75) is 13.8 Å². The second-order valence-corrected chi connectivity index (χ2v) is 4.11. The minimum Gasteiger partial charge on any atom is -0.383 e. The maximum absolute atomic E-state index is 3.96. The van der Waals surface area contributed by atoms with Crippen LogP contribution in [0.15, 0.2) is 66.4 Å². The monoisotopic (exact) mass is 242 g/mol. The zero-order valence-electron chi connectivity index (χ0n) is 11.2. The molecule has 2 nitrogen and oxygen atoms in total. The van der Waals surface area contributed by atoms with Crippen molar-refractivity contribution in [1.82, 2.24) is 5.32 Å². The van der Waals surface area contributed by atoms with E-state index in [4.69, 9.17) is 0 Å². The maximum Gasteiger partial charge on any atom is 0.0364 e. The number of anilines is 1. The number of allylic oxidation sites excluding steroid dienone is 4. The van der Waals surface area contributed by atoms with Gasteiger partial charge in [0.05, 0.1) is 0 Å². The van der Waals surface area contributed by atoms with Gasteiger partial charge in [0.25, 0.3) is 0 Å². The molecule has 0 saturated heterocycles. The Morgan fingerprint density at radius 1 is 1.22 bits per heavy atom. The molecule has 0 aliphatic carbocycles. The molecule has 0 amide bonds. The molecular weight excluding hydrogens is 220 g/mol. The first-order valence-electron chi connectivity index (χ1n) is 6.25. The molecule has 0 aliphatic rings. The fraction of sp³-hybridized carbons (Fsp3) is 0.250. The van der Waals surface area contributed by atoms with Crippen LogP contribution in [0.1, 0.15) is 13.8 Å². The summed E-state index contributed by atoms with van der Waals surface area (Å²) in [5.74, 6) is 0. The van der Waals surface area contributed by atoms with Gasteiger partial charge in [-0.15, -0.1) is 0 Å². The summed E-state index contributed by atoms with van der Waals surface area (Å²) in [5.41, 5.74) is 3.28. The highest BCUT2D eigenvalue weighted by atomic mass is 14.9. The Balaban J connectivity index is 2.34. The lowest BCUT2D eigenvalue weighted by molar-refractivity contribution is 0.826. The van der Waals surface area contributed by atoms with Crippen LogP contribution in [-0.4, -0.2) is 13.1 Å². The van der Waals surface area contributed by atoms with Crippen LogP contribution in [0.25, 0.3) is 0 Å². The van der Waals surface area contributed by atoms with E-state index in [0.29, 0.717) is 0 Å². The van der Waals surface area contributed by atoms with Crippen LogP contribution in [0.2, 0.25) is 0 Å². The van der Waals surface area contributed by atoms with Gasteiger partial charge in [-0.1, -0.05) is 36.9 Å². The highest BCUT2D eigenvalue weighted by molar-refractivity contribution is 5.42. The molecule has 2 heteroatoms. The third-order valence-electron chi connectivity index (χ3n) is 2.46. The van der Waals surface area contributed by atoms with Gasteiger partial charge in [-0.3, -0.25) is 0 Å². The van der Waals surface area contributed by atoms with Gasteiger partial charge < -0.3 is 10.6 Å². The van der Waals surface area contributed by atoms with Crippen LogP contribution < -0.4 is 10.6 Å². The molecule has 0 aliphatic heterocycles. The number of rotatable bonds is 7. The first-order chi connectivity index (χ1) is 8.74. The van der Waals surface area contributed by atoms with E-state index in [9.17, 15) is 0 Å². The lowest BCUT2D eigenvalue weighted by atomic mass is 10.2. The Morgan fingerprint density at radius 3 is 2.56 bits per heavy atom. The number of para-hydroxylation sites is 1. The molecular formula is C16H22N2. The summed E-state index contributed by atoms with van der Waals surface area (Å²) < 4.78 is 0. The predicted octanol–water partition coefficient (Wildman–Crippen LogP) is 3.72. The smallest absolute Gasteiger partial charge is 0.0364 e. The first kappa shape index (κ1) is 14.1. The van der Waals surface area contributed by atoms with Crippen LogP contribution in [0, 0.1) is 0 Å². The van der Waals surface area contributed by atoms with Crippen molar-refractivity contribution < 1.29 is 0 Å². The van der Waals surface area contributed by atoms with E-state index >= 15 is 0 Å². The van der Waals surface area contributed by atoms with E-state index in [1.807, 2.05) is 50.3 Å². The predicted molar refractivity (Wildman–Crippen MR) is 80.6 cm³/mol. The van der Waals surface area contributed by atoms with E-state index in [2.05, 4.69) is 29.3 Å². The minimum absolute atomic E-state index is 0.866. The van der Waals surface area contributed by atoms with Crippen molar-refractivity contribution in [2.24, 2.45) is 0 Å². The van der Waals surface area contributed by atoms with Gasteiger partial charge in [-0.05, 0) is 37.6 Å². The van der Waals surface area contributed by atoms with Crippen LogP contribution in [0.3, 0.4) is 0 Å². The topological polar surface area (TPSA) is 24.1 Å². The van der Waals surface area contributed by atoms with Crippen molar-refractivity contribution in [3.05, 3.63) is 66.4 Å². The first-order valence-corrected chi connectivity index (χ1v) is 6.25. The lowest BCUT2D eigenvalue weighted by Gasteiger charge is -2.11. The van der Waals surface area contributed by atoms with Gasteiger partial charge in [0, 0.05) is 24.5 Å². The van der Waals surface area contributed by atoms with Crippen molar-refractivity contribution in [3.63, 3.8) is 0 Å². The second kappa shape index (κ2) is 8.18. The molecule has 0 unspecified atom stereocenters.